The number of carbonyl (C=O) groups excluding carboxylic acids is 1. The predicted octanol–water partition coefficient (Wildman–Crippen LogP) is 3.19. The highest BCUT2D eigenvalue weighted by atomic mass is 19.4. The van der Waals surface area contributed by atoms with E-state index in [1.165, 1.54) is 6.07 Å². The molecule has 136 valence electrons. The summed E-state index contributed by atoms with van der Waals surface area (Å²) >= 11 is 0. The highest BCUT2D eigenvalue weighted by Gasteiger charge is 2.31. The summed E-state index contributed by atoms with van der Waals surface area (Å²) in [6.45, 7) is -1.58. The SMILES string of the molecule is COc1cn(-c2cccc(C(F)(F)F)c2)nc1C(=O)NCC(F)(F)F. The molecule has 0 unspecified atom stereocenters. The lowest BCUT2D eigenvalue weighted by molar-refractivity contribution is -0.137. The molecule has 1 amide bonds. The van der Waals surface area contributed by atoms with E-state index in [-0.39, 0.29) is 11.4 Å². The number of nitrogens with one attached hydrogen (secondary N) is 1. The number of halogens is 6. The number of benzene rings is 1. The van der Waals surface area contributed by atoms with Crippen molar-refractivity contribution >= 4 is 5.91 Å². The first-order valence-electron chi connectivity index (χ1n) is 6.67. The van der Waals surface area contributed by atoms with E-state index in [4.69, 9.17) is 4.74 Å². The fraction of sp³-hybridized carbons (Fsp3) is 0.286. The first-order chi connectivity index (χ1) is 11.5. The summed E-state index contributed by atoms with van der Waals surface area (Å²) in [5.74, 6) is -1.35. The number of ether oxygens (including phenoxy) is 1. The predicted molar refractivity (Wildman–Crippen MR) is 73.5 cm³/mol. The van der Waals surface area contributed by atoms with Crippen LogP contribution in [0.4, 0.5) is 26.3 Å². The minimum Gasteiger partial charge on any atom is -0.493 e. The van der Waals surface area contributed by atoms with E-state index in [9.17, 15) is 31.1 Å². The van der Waals surface area contributed by atoms with Gasteiger partial charge >= 0.3 is 12.4 Å². The number of carbonyl (C=O) groups is 1. The molecule has 1 heterocycles. The van der Waals surface area contributed by atoms with Crippen LogP contribution >= 0.6 is 0 Å². The maximum Gasteiger partial charge on any atom is 0.416 e. The molecule has 11 heteroatoms. The van der Waals surface area contributed by atoms with E-state index in [0.717, 1.165) is 36.2 Å². The molecule has 0 spiro atoms. The molecule has 0 atom stereocenters. The van der Waals surface area contributed by atoms with E-state index in [0.29, 0.717) is 0 Å². The molecule has 0 aliphatic carbocycles. The molecule has 0 saturated heterocycles. The van der Waals surface area contributed by atoms with Gasteiger partial charge in [0.15, 0.2) is 11.4 Å². The Bertz CT molecular complexity index is 767. The van der Waals surface area contributed by atoms with Crippen molar-refractivity contribution in [1.82, 2.24) is 15.1 Å². The minimum absolute atomic E-state index is 0.0389. The molecule has 25 heavy (non-hydrogen) atoms. The van der Waals surface area contributed by atoms with E-state index < -0.39 is 36.1 Å². The van der Waals surface area contributed by atoms with Crippen LogP contribution in [0.15, 0.2) is 30.5 Å². The van der Waals surface area contributed by atoms with E-state index in [1.54, 1.807) is 5.32 Å². The second kappa shape index (κ2) is 6.65. The van der Waals surface area contributed by atoms with Crippen LogP contribution in [0.5, 0.6) is 5.75 Å². The van der Waals surface area contributed by atoms with Gasteiger partial charge in [0, 0.05) is 0 Å². The standard InChI is InChI=1S/C14H11F6N3O2/c1-25-10-6-23(9-4-2-3-8(5-9)14(18,19)20)22-11(10)12(24)21-7-13(15,16)17/h2-6H,7H2,1H3,(H,21,24). The van der Waals surface area contributed by atoms with Crippen LogP contribution in [0.25, 0.3) is 5.69 Å². The van der Waals surface area contributed by atoms with Gasteiger partial charge in [-0.1, -0.05) is 6.07 Å². The third kappa shape index (κ3) is 4.64. The molecule has 1 N–H and O–H groups in total. The second-order valence-corrected chi connectivity index (χ2v) is 4.84. The Morgan fingerprint density at radius 2 is 1.92 bits per heavy atom. The lowest BCUT2D eigenvalue weighted by Gasteiger charge is -2.08. The van der Waals surface area contributed by atoms with E-state index in [1.807, 2.05) is 0 Å². The second-order valence-electron chi connectivity index (χ2n) is 4.84. The third-order valence-electron chi connectivity index (χ3n) is 3.00. The van der Waals surface area contributed by atoms with Gasteiger partial charge in [0.25, 0.3) is 5.91 Å². The molecule has 0 saturated carbocycles. The molecular weight excluding hydrogens is 356 g/mol. The van der Waals surface area contributed by atoms with Crippen molar-refractivity contribution in [3.63, 3.8) is 0 Å². The van der Waals surface area contributed by atoms with Crippen LogP contribution < -0.4 is 10.1 Å². The zero-order chi connectivity index (χ0) is 18.8. The number of amides is 1. The summed E-state index contributed by atoms with van der Waals surface area (Å²) in [7, 11) is 1.15. The van der Waals surface area contributed by atoms with Crippen molar-refractivity contribution < 1.29 is 35.9 Å². The van der Waals surface area contributed by atoms with Crippen LogP contribution in [-0.2, 0) is 6.18 Å². The summed E-state index contributed by atoms with van der Waals surface area (Å²) in [5.41, 5.74) is -1.46. The molecule has 2 rings (SSSR count). The number of hydrogen-bond acceptors (Lipinski definition) is 3. The zero-order valence-corrected chi connectivity index (χ0v) is 12.6. The van der Waals surface area contributed by atoms with Crippen LogP contribution in [0, 0.1) is 0 Å². The molecule has 0 aliphatic rings. The lowest BCUT2D eigenvalue weighted by atomic mass is 10.2. The lowest BCUT2D eigenvalue weighted by Crippen LogP contribution is -2.34. The molecule has 0 radical (unpaired) electrons. The average molecular weight is 367 g/mol. The van der Waals surface area contributed by atoms with Crippen LogP contribution in [-0.4, -0.2) is 35.5 Å². The summed E-state index contributed by atoms with van der Waals surface area (Å²) in [5, 5.41) is 5.33. The van der Waals surface area contributed by atoms with Crippen molar-refractivity contribution in [1.29, 1.82) is 0 Å². The Hall–Kier alpha value is -2.72. The van der Waals surface area contributed by atoms with Gasteiger partial charge in [0.05, 0.1) is 24.6 Å². The highest BCUT2D eigenvalue weighted by Crippen LogP contribution is 2.30. The summed E-state index contributed by atoms with van der Waals surface area (Å²) in [4.78, 5) is 11.8. The van der Waals surface area contributed by atoms with Gasteiger partial charge in [-0.2, -0.15) is 31.4 Å². The molecule has 2 aromatic rings. The fourth-order valence-corrected chi connectivity index (χ4v) is 1.89. The van der Waals surface area contributed by atoms with Gasteiger partial charge in [-0.25, -0.2) is 4.68 Å². The molecule has 0 aliphatic heterocycles. The molecule has 1 aromatic carbocycles. The third-order valence-corrected chi connectivity index (χ3v) is 3.00. The Labute approximate surface area is 137 Å². The number of nitrogens with zero attached hydrogens (tertiary/aromatic N) is 2. The van der Waals surface area contributed by atoms with Gasteiger partial charge < -0.3 is 10.1 Å². The monoisotopic (exact) mass is 367 g/mol. The molecular formula is C14H11F6N3O2. The van der Waals surface area contributed by atoms with Gasteiger partial charge in [-0.15, -0.1) is 0 Å². The quantitative estimate of drug-likeness (QED) is 0.845. The maximum atomic E-state index is 12.7. The highest BCUT2D eigenvalue weighted by molar-refractivity contribution is 5.95. The van der Waals surface area contributed by atoms with Crippen molar-refractivity contribution in [3.8, 4) is 11.4 Å². The first-order valence-corrected chi connectivity index (χ1v) is 6.67. The number of alkyl halides is 6. The van der Waals surface area contributed by atoms with Gasteiger partial charge in [-0.3, -0.25) is 4.79 Å². The van der Waals surface area contributed by atoms with Crippen molar-refractivity contribution in [2.24, 2.45) is 0 Å². The number of rotatable bonds is 4. The number of aromatic nitrogens is 2. The van der Waals surface area contributed by atoms with Crippen molar-refractivity contribution in [2.45, 2.75) is 12.4 Å². The normalized spacial score (nSPS) is 12.1. The van der Waals surface area contributed by atoms with Crippen molar-refractivity contribution in [2.75, 3.05) is 13.7 Å². The Balaban J connectivity index is 2.33. The first kappa shape index (κ1) is 18.6. The Morgan fingerprint density at radius 1 is 1.24 bits per heavy atom. The van der Waals surface area contributed by atoms with E-state index in [2.05, 4.69) is 5.10 Å². The molecule has 0 fully saturated rings. The topological polar surface area (TPSA) is 56.2 Å². The van der Waals surface area contributed by atoms with Gasteiger partial charge in [-0.05, 0) is 18.2 Å². The molecule has 1 aromatic heterocycles. The van der Waals surface area contributed by atoms with Crippen LogP contribution in [0.3, 0.4) is 0 Å². The summed E-state index contributed by atoms with van der Waals surface area (Å²) in [6, 6.07) is 4.06. The van der Waals surface area contributed by atoms with Crippen LogP contribution in [0.1, 0.15) is 16.1 Å². The number of methoxy groups -OCH3 is 1. The van der Waals surface area contributed by atoms with E-state index >= 15 is 0 Å². The molecule has 5 nitrogen and oxygen atoms in total. The largest absolute Gasteiger partial charge is 0.493 e. The molecule has 0 bridgehead atoms. The summed E-state index contributed by atoms with van der Waals surface area (Å²) in [6.07, 6.45) is -8.11. The average Bonchev–Trinajstić information content (AvgIpc) is 2.95. The Kier molecular flexibility index (Phi) is 4.95. The summed E-state index contributed by atoms with van der Waals surface area (Å²) < 4.78 is 80.5. The van der Waals surface area contributed by atoms with Crippen LogP contribution in [0.2, 0.25) is 0 Å². The smallest absolute Gasteiger partial charge is 0.416 e. The maximum absolute atomic E-state index is 12.7. The fourth-order valence-electron chi connectivity index (χ4n) is 1.89. The Morgan fingerprint density at radius 3 is 2.48 bits per heavy atom. The zero-order valence-electron chi connectivity index (χ0n) is 12.6. The van der Waals surface area contributed by atoms with Crippen molar-refractivity contribution in [3.05, 3.63) is 41.7 Å². The van der Waals surface area contributed by atoms with Gasteiger partial charge in [0.2, 0.25) is 0 Å². The van der Waals surface area contributed by atoms with Gasteiger partial charge in [0.1, 0.15) is 6.54 Å². The number of hydrogen-bond donors (Lipinski definition) is 1. The minimum atomic E-state index is -4.62.